The van der Waals surface area contributed by atoms with E-state index in [1.54, 1.807) is 24.3 Å². The number of carbonyl (C=O) groups is 2. The van der Waals surface area contributed by atoms with Crippen LogP contribution >= 0.6 is 11.6 Å². The number of rotatable bonds is 5. The molecule has 0 atom stereocenters. The first kappa shape index (κ1) is 18.5. The van der Waals surface area contributed by atoms with E-state index in [1.807, 2.05) is 17.0 Å². The Balaban J connectivity index is 1.47. The molecular formula is C21H22ClNO3. The van der Waals surface area contributed by atoms with Gasteiger partial charge >= 0.3 is 5.97 Å². The number of likely N-dealkylation sites (tertiary alicyclic amines) is 1. The smallest absolute Gasteiger partial charge is 0.335 e. The van der Waals surface area contributed by atoms with Gasteiger partial charge in [0, 0.05) is 24.5 Å². The number of carbonyl (C=O) groups excluding carboxylic acids is 1. The van der Waals surface area contributed by atoms with Gasteiger partial charge in [-0.3, -0.25) is 4.79 Å². The summed E-state index contributed by atoms with van der Waals surface area (Å²) < 4.78 is 0. The van der Waals surface area contributed by atoms with Crippen molar-refractivity contribution in [3.05, 3.63) is 70.2 Å². The predicted octanol–water partition coefficient (Wildman–Crippen LogP) is 4.38. The van der Waals surface area contributed by atoms with E-state index in [0.29, 0.717) is 18.8 Å². The fraction of sp³-hybridized carbons (Fsp3) is 0.333. The third-order valence-electron chi connectivity index (χ3n) is 5.02. The van der Waals surface area contributed by atoms with Crippen LogP contribution in [0.3, 0.4) is 0 Å². The number of benzene rings is 2. The molecule has 4 nitrogen and oxygen atoms in total. The molecule has 1 aliphatic rings. The van der Waals surface area contributed by atoms with Crippen LogP contribution in [0.15, 0.2) is 48.5 Å². The molecular weight excluding hydrogens is 350 g/mol. The number of amides is 1. The molecule has 1 aliphatic heterocycles. The number of aryl methyl sites for hydroxylation is 1. The molecule has 1 N–H and O–H groups in total. The summed E-state index contributed by atoms with van der Waals surface area (Å²) >= 11 is 5.94. The highest BCUT2D eigenvalue weighted by molar-refractivity contribution is 6.30. The zero-order valence-electron chi connectivity index (χ0n) is 14.5. The lowest BCUT2D eigenvalue weighted by molar-refractivity contribution is -0.132. The minimum absolute atomic E-state index is 0.168. The second-order valence-corrected chi connectivity index (χ2v) is 7.15. The summed E-state index contributed by atoms with van der Waals surface area (Å²) in [6.07, 6.45) is 3.04. The first-order valence-corrected chi connectivity index (χ1v) is 9.26. The Morgan fingerprint density at radius 2 is 1.62 bits per heavy atom. The van der Waals surface area contributed by atoms with Gasteiger partial charge in [-0.15, -0.1) is 0 Å². The maximum Gasteiger partial charge on any atom is 0.335 e. The summed E-state index contributed by atoms with van der Waals surface area (Å²) in [6, 6.07) is 14.7. The zero-order valence-corrected chi connectivity index (χ0v) is 15.3. The van der Waals surface area contributed by atoms with Crippen LogP contribution < -0.4 is 0 Å². The molecule has 3 rings (SSSR count). The second-order valence-electron chi connectivity index (χ2n) is 6.71. The number of hydrogen-bond acceptors (Lipinski definition) is 2. The van der Waals surface area contributed by atoms with Crippen molar-refractivity contribution < 1.29 is 14.7 Å². The number of hydrogen-bond donors (Lipinski definition) is 1. The van der Waals surface area contributed by atoms with Crippen molar-refractivity contribution in [2.75, 3.05) is 13.1 Å². The molecule has 0 bridgehead atoms. The molecule has 26 heavy (non-hydrogen) atoms. The summed E-state index contributed by atoms with van der Waals surface area (Å²) in [5.41, 5.74) is 2.55. The van der Waals surface area contributed by atoms with E-state index in [9.17, 15) is 9.59 Å². The lowest BCUT2D eigenvalue weighted by atomic mass is 9.89. The van der Waals surface area contributed by atoms with Crippen LogP contribution in [0.4, 0.5) is 0 Å². The van der Waals surface area contributed by atoms with E-state index in [2.05, 4.69) is 12.1 Å². The van der Waals surface area contributed by atoms with Crippen LogP contribution in [-0.2, 0) is 11.2 Å². The first-order valence-electron chi connectivity index (χ1n) is 8.88. The Bertz CT molecular complexity index is 763. The van der Waals surface area contributed by atoms with Gasteiger partial charge in [0.2, 0.25) is 5.91 Å². The van der Waals surface area contributed by atoms with Gasteiger partial charge in [-0.1, -0.05) is 35.9 Å². The normalized spacial score (nSPS) is 15.0. The van der Waals surface area contributed by atoms with Crippen molar-refractivity contribution in [1.82, 2.24) is 4.90 Å². The summed E-state index contributed by atoms with van der Waals surface area (Å²) in [7, 11) is 0. The average Bonchev–Trinajstić information content (AvgIpc) is 2.67. The van der Waals surface area contributed by atoms with Gasteiger partial charge in [0.25, 0.3) is 0 Å². The molecule has 1 fully saturated rings. The standard InChI is InChI=1S/C21H22ClNO3/c22-19-8-6-16(7-9-19)17-11-13-23(14-12-17)20(24)10-3-15-1-4-18(5-2-15)21(25)26/h1-2,4-9,17H,3,10-14H2,(H,25,26). The van der Waals surface area contributed by atoms with Crippen LogP contribution in [0, 0.1) is 0 Å². The monoisotopic (exact) mass is 371 g/mol. The first-order chi connectivity index (χ1) is 12.5. The van der Waals surface area contributed by atoms with Crippen molar-refractivity contribution in [3.8, 4) is 0 Å². The van der Waals surface area contributed by atoms with Crippen LogP contribution in [0.1, 0.15) is 46.7 Å². The Morgan fingerprint density at radius 3 is 2.19 bits per heavy atom. The highest BCUT2D eigenvalue weighted by Crippen LogP contribution is 2.29. The van der Waals surface area contributed by atoms with Gasteiger partial charge in [0.15, 0.2) is 0 Å². The van der Waals surface area contributed by atoms with E-state index in [0.717, 1.165) is 36.5 Å². The molecule has 0 unspecified atom stereocenters. The SMILES string of the molecule is O=C(O)c1ccc(CCC(=O)N2CCC(c3ccc(Cl)cc3)CC2)cc1. The maximum atomic E-state index is 12.4. The maximum absolute atomic E-state index is 12.4. The molecule has 0 spiro atoms. The molecule has 1 amide bonds. The van der Waals surface area contributed by atoms with E-state index >= 15 is 0 Å². The summed E-state index contributed by atoms with van der Waals surface area (Å²) in [6.45, 7) is 1.56. The van der Waals surface area contributed by atoms with Crippen molar-refractivity contribution >= 4 is 23.5 Å². The van der Waals surface area contributed by atoms with Crippen molar-refractivity contribution in [2.45, 2.75) is 31.6 Å². The number of nitrogens with zero attached hydrogens (tertiary/aromatic N) is 1. The molecule has 136 valence electrons. The molecule has 2 aromatic rings. The van der Waals surface area contributed by atoms with Crippen molar-refractivity contribution in [3.63, 3.8) is 0 Å². The summed E-state index contributed by atoms with van der Waals surface area (Å²) in [5, 5.41) is 9.66. The van der Waals surface area contributed by atoms with Gasteiger partial charge in [0.05, 0.1) is 5.56 Å². The number of halogens is 1. The molecule has 0 aliphatic carbocycles. The Hall–Kier alpha value is -2.33. The van der Waals surface area contributed by atoms with Crippen LogP contribution in [0.5, 0.6) is 0 Å². The quantitative estimate of drug-likeness (QED) is 0.848. The van der Waals surface area contributed by atoms with Gasteiger partial charge in [-0.05, 0) is 60.6 Å². The van der Waals surface area contributed by atoms with Gasteiger partial charge in [-0.25, -0.2) is 4.79 Å². The fourth-order valence-electron chi connectivity index (χ4n) is 3.42. The third kappa shape index (κ3) is 4.64. The second kappa shape index (κ2) is 8.37. The molecule has 0 saturated carbocycles. The lowest BCUT2D eigenvalue weighted by Crippen LogP contribution is -2.38. The minimum atomic E-state index is -0.934. The Labute approximate surface area is 158 Å². The van der Waals surface area contributed by atoms with Crippen molar-refractivity contribution in [2.24, 2.45) is 0 Å². The topological polar surface area (TPSA) is 57.6 Å². The molecule has 1 heterocycles. The predicted molar refractivity (Wildman–Crippen MR) is 102 cm³/mol. The molecule has 1 saturated heterocycles. The summed E-state index contributed by atoms with van der Waals surface area (Å²) in [5.74, 6) is -0.280. The highest BCUT2D eigenvalue weighted by Gasteiger charge is 2.23. The number of carboxylic acids is 1. The van der Waals surface area contributed by atoms with Crippen LogP contribution in [0.2, 0.25) is 5.02 Å². The molecule has 5 heteroatoms. The largest absolute Gasteiger partial charge is 0.478 e. The fourth-order valence-corrected chi connectivity index (χ4v) is 3.55. The van der Waals surface area contributed by atoms with Gasteiger partial charge in [-0.2, -0.15) is 0 Å². The Kier molecular flexibility index (Phi) is 5.94. The number of aromatic carboxylic acids is 1. The van der Waals surface area contributed by atoms with Crippen LogP contribution in [0.25, 0.3) is 0 Å². The number of piperidine rings is 1. The van der Waals surface area contributed by atoms with Crippen LogP contribution in [-0.4, -0.2) is 35.0 Å². The number of carboxylic acid groups (broad SMARTS) is 1. The van der Waals surface area contributed by atoms with E-state index in [4.69, 9.17) is 16.7 Å². The van der Waals surface area contributed by atoms with E-state index in [-0.39, 0.29) is 11.5 Å². The zero-order chi connectivity index (χ0) is 18.5. The van der Waals surface area contributed by atoms with Gasteiger partial charge in [0.1, 0.15) is 0 Å². The molecule has 2 aromatic carbocycles. The molecule has 0 aromatic heterocycles. The van der Waals surface area contributed by atoms with E-state index < -0.39 is 5.97 Å². The summed E-state index contributed by atoms with van der Waals surface area (Å²) in [4.78, 5) is 25.3. The van der Waals surface area contributed by atoms with E-state index in [1.165, 1.54) is 5.56 Å². The minimum Gasteiger partial charge on any atom is -0.478 e. The third-order valence-corrected chi connectivity index (χ3v) is 5.27. The molecule has 0 radical (unpaired) electrons. The highest BCUT2D eigenvalue weighted by atomic mass is 35.5. The van der Waals surface area contributed by atoms with Gasteiger partial charge < -0.3 is 10.0 Å². The Morgan fingerprint density at radius 1 is 1.00 bits per heavy atom. The van der Waals surface area contributed by atoms with Crippen molar-refractivity contribution in [1.29, 1.82) is 0 Å². The lowest BCUT2D eigenvalue weighted by Gasteiger charge is -2.32. The average molecular weight is 372 g/mol.